The molecule has 0 aromatic rings. The summed E-state index contributed by atoms with van der Waals surface area (Å²) in [5.41, 5.74) is 0. The molecule has 6 nitrogen and oxygen atoms in total. The van der Waals surface area contributed by atoms with Gasteiger partial charge in [-0.05, 0) is 34.6 Å². The quantitative estimate of drug-likeness (QED) is 0.523. The van der Waals surface area contributed by atoms with E-state index in [-0.39, 0.29) is 0 Å². The molecular weight excluding hydrogens is 296 g/mol. The van der Waals surface area contributed by atoms with Gasteiger partial charge in [-0.2, -0.15) is 0 Å². The van der Waals surface area contributed by atoms with Crippen LogP contribution in [0, 0.1) is 0 Å². The van der Waals surface area contributed by atoms with Crippen molar-refractivity contribution in [2.45, 2.75) is 46.7 Å². The molecule has 0 atom stereocenters. The minimum atomic E-state index is -3.15. The lowest BCUT2D eigenvalue weighted by Crippen LogP contribution is -2.50. The van der Waals surface area contributed by atoms with E-state index in [0.29, 0.717) is 45.1 Å². The van der Waals surface area contributed by atoms with E-state index in [1.807, 2.05) is 34.6 Å². The maximum atomic E-state index is 10.4. The molecule has 8 heteroatoms. The summed E-state index contributed by atoms with van der Waals surface area (Å²) < 4.78 is 28.1. The van der Waals surface area contributed by atoms with E-state index in [2.05, 4.69) is 0 Å². The van der Waals surface area contributed by atoms with Crippen LogP contribution >= 0.6 is 0 Å². The van der Waals surface area contributed by atoms with Crippen molar-refractivity contribution in [1.82, 2.24) is 0 Å². The molecule has 20 heavy (non-hydrogen) atoms. The molecule has 0 aliphatic rings. The summed E-state index contributed by atoms with van der Waals surface area (Å²) in [6.07, 6.45) is 0. The number of rotatable bonds is 13. The van der Waals surface area contributed by atoms with Crippen molar-refractivity contribution in [3.8, 4) is 0 Å². The first kappa shape index (κ1) is 20.2. The molecule has 0 amide bonds. The first-order chi connectivity index (χ1) is 9.51. The lowest BCUT2D eigenvalue weighted by atomic mass is 10.9. The highest BCUT2D eigenvalue weighted by Crippen LogP contribution is 2.23. The van der Waals surface area contributed by atoms with Gasteiger partial charge in [0.15, 0.2) is 0 Å². The maximum Gasteiger partial charge on any atom is 0.500 e. The predicted octanol–water partition coefficient (Wildman–Crippen LogP) is 2.04. The van der Waals surface area contributed by atoms with E-state index in [1.165, 1.54) is 0 Å². The SMILES string of the molecule is CCO[Si](O)(CC[Si](OCC)(OCC)OCC)OCC. The minimum Gasteiger partial charge on any atom is -0.390 e. The first-order valence-electron chi connectivity index (χ1n) is 7.43. The third kappa shape index (κ3) is 7.27. The van der Waals surface area contributed by atoms with Crippen LogP contribution in [0.2, 0.25) is 12.1 Å². The van der Waals surface area contributed by atoms with Crippen LogP contribution in [-0.2, 0) is 22.1 Å². The van der Waals surface area contributed by atoms with E-state index in [9.17, 15) is 4.80 Å². The molecule has 0 aliphatic carbocycles. The van der Waals surface area contributed by atoms with Crippen LogP contribution in [0.4, 0.5) is 0 Å². The fourth-order valence-electron chi connectivity index (χ4n) is 1.95. The molecule has 0 saturated carbocycles. The van der Waals surface area contributed by atoms with E-state index in [1.54, 1.807) is 0 Å². The average molecular weight is 327 g/mol. The van der Waals surface area contributed by atoms with E-state index in [0.717, 1.165) is 0 Å². The van der Waals surface area contributed by atoms with E-state index < -0.39 is 17.6 Å². The average Bonchev–Trinajstić information content (AvgIpc) is 2.38. The van der Waals surface area contributed by atoms with E-state index in [4.69, 9.17) is 22.1 Å². The Morgan fingerprint density at radius 1 is 0.600 bits per heavy atom. The standard InChI is InChI=1S/C12H30O6Si2/c1-6-14-19(13,15-7-2)11-12-20(16-8-3,17-9-4)18-10-5/h13H,6-12H2,1-5H3. The van der Waals surface area contributed by atoms with Crippen molar-refractivity contribution in [3.63, 3.8) is 0 Å². The summed E-state index contributed by atoms with van der Waals surface area (Å²) in [4.78, 5) is 10.4. The second-order valence-electron chi connectivity index (χ2n) is 4.06. The zero-order chi connectivity index (χ0) is 15.5. The largest absolute Gasteiger partial charge is 0.500 e. The van der Waals surface area contributed by atoms with Crippen molar-refractivity contribution in [3.05, 3.63) is 0 Å². The molecule has 0 fully saturated rings. The van der Waals surface area contributed by atoms with Gasteiger partial charge in [0.05, 0.1) is 0 Å². The van der Waals surface area contributed by atoms with Gasteiger partial charge in [0.1, 0.15) is 0 Å². The van der Waals surface area contributed by atoms with Crippen LogP contribution in [0.3, 0.4) is 0 Å². The van der Waals surface area contributed by atoms with Gasteiger partial charge in [0, 0.05) is 45.1 Å². The lowest BCUT2D eigenvalue weighted by Gasteiger charge is -2.31. The lowest BCUT2D eigenvalue weighted by molar-refractivity contribution is 0.0675. The van der Waals surface area contributed by atoms with Gasteiger partial charge < -0.3 is 26.9 Å². The Hall–Kier alpha value is 0.194. The molecular formula is C12H30O6Si2. The predicted molar refractivity (Wildman–Crippen MR) is 81.5 cm³/mol. The van der Waals surface area contributed by atoms with Crippen molar-refractivity contribution in [2.24, 2.45) is 0 Å². The Morgan fingerprint density at radius 3 is 1.25 bits per heavy atom. The smallest absolute Gasteiger partial charge is 0.390 e. The van der Waals surface area contributed by atoms with Gasteiger partial charge in [-0.25, -0.2) is 0 Å². The van der Waals surface area contributed by atoms with Crippen molar-refractivity contribution in [1.29, 1.82) is 0 Å². The summed E-state index contributed by atoms with van der Waals surface area (Å²) in [6, 6.07) is 0.895. The minimum absolute atomic E-state index is 0.390. The van der Waals surface area contributed by atoms with Crippen LogP contribution in [0.15, 0.2) is 0 Å². The monoisotopic (exact) mass is 326 g/mol. The second-order valence-corrected chi connectivity index (χ2v) is 9.30. The zero-order valence-electron chi connectivity index (χ0n) is 13.4. The Bertz CT molecular complexity index is 219. The molecule has 0 unspecified atom stereocenters. The first-order valence-corrected chi connectivity index (χ1v) is 11.3. The number of hydrogen-bond acceptors (Lipinski definition) is 6. The third-order valence-electron chi connectivity index (χ3n) is 2.58. The third-order valence-corrected chi connectivity index (χ3v) is 8.49. The van der Waals surface area contributed by atoms with Crippen molar-refractivity contribution >= 4 is 17.6 Å². The van der Waals surface area contributed by atoms with Crippen molar-refractivity contribution < 1.29 is 26.9 Å². The van der Waals surface area contributed by atoms with Gasteiger partial charge >= 0.3 is 17.6 Å². The van der Waals surface area contributed by atoms with Crippen molar-refractivity contribution in [2.75, 3.05) is 33.0 Å². The summed E-state index contributed by atoms with van der Waals surface area (Å²) in [7, 11) is -5.90. The van der Waals surface area contributed by atoms with Crippen LogP contribution in [0.1, 0.15) is 34.6 Å². The molecule has 0 saturated heterocycles. The van der Waals surface area contributed by atoms with Crippen LogP contribution in [0.5, 0.6) is 0 Å². The highest BCUT2D eigenvalue weighted by molar-refractivity contribution is 6.66. The molecule has 0 radical (unpaired) electrons. The highest BCUT2D eigenvalue weighted by Gasteiger charge is 2.46. The molecule has 0 aliphatic heterocycles. The number of hydrogen-bond donors (Lipinski definition) is 1. The summed E-state index contributed by atoms with van der Waals surface area (Å²) in [5, 5.41) is 0. The molecule has 0 bridgehead atoms. The topological polar surface area (TPSA) is 66.4 Å². The Morgan fingerprint density at radius 2 is 0.950 bits per heavy atom. The van der Waals surface area contributed by atoms with E-state index >= 15 is 0 Å². The van der Waals surface area contributed by atoms with Gasteiger partial charge in [-0.15, -0.1) is 0 Å². The molecule has 1 N–H and O–H groups in total. The van der Waals surface area contributed by atoms with Gasteiger partial charge in [-0.3, -0.25) is 0 Å². The molecule has 0 heterocycles. The molecule has 0 aromatic heterocycles. The summed E-state index contributed by atoms with van der Waals surface area (Å²) in [5.74, 6) is 0. The summed E-state index contributed by atoms with van der Waals surface area (Å²) in [6.45, 7) is 11.8. The van der Waals surface area contributed by atoms with Crippen LogP contribution in [0.25, 0.3) is 0 Å². The zero-order valence-corrected chi connectivity index (χ0v) is 15.4. The summed E-state index contributed by atoms with van der Waals surface area (Å²) >= 11 is 0. The fraction of sp³-hybridized carbons (Fsp3) is 1.00. The van der Waals surface area contributed by atoms with Gasteiger partial charge in [-0.1, -0.05) is 0 Å². The van der Waals surface area contributed by atoms with Gasteiger partial charge in [0.2, 0.25) is 0 Å². The maximum absolute atomic E-state index is 10.4. The molecule has 0 rings (SSSR count). The molecule has 0 aromatic carbocycles. The Labute approximate surface area is 125 Å². The Balaban J connectivity index is 4.76. The Kier molecular flexibility index (Phi) is 11.0. The van der Waals surface area contributed by atoms with Crippen LogP contribution < -0.4 is 0 Å². The fourth-order valence-corrected chi connectivity index (χ4v) is 7.71. The molecule has 122 valence electrons. The normalized spacial score (nSPS) is 12.9. The highest BCUT2D eigenvalue weighted by atomic mass is 28.4. The molecule has 0 spiro atoms. The second kappa shape index (κ2) is 10.9. The van der Waals surface area contributed by atoms with Crippen LogP contribution in [-0.4, -0.2) is 55.4 Å². The van der Waals surface area contributed by atoms with Gasteiger partial charge in [0.25, 0.3) is 0 Å².